The molecule has 142 valence electrons. The van der Waals surface area contributed by atoms with Crippen LogP contribution in [0.2, 0.25) is 0 Å². The highest BCUT2D eigenvalue weighted by atomic mass is 16.6. The monoisotopic (exact) mass is 360 g/mol. The second-order valence-corrected chi connectivity index (χ2v) is 6.59. The Hall–Kier alpha value is -2.76. The van der Waals surface area contributed by atoms with Crippen LogP contribution in [0, 0.1) is 0 Å². The largest absolute Gasteiger partial charge is 0.443 e. The van der Waals surface area contributed by atoms with Gasteiger partial charge in [-0.15, -0.1) is 13.2 Å². The molecule has 0 fully saturated rings. The molecule has 0 bridgehead atoms. The van der Waals surface area contributed by atoms with Crippen LogP contribution in [0.25, 0.3) is 0 Å². The lowest BCUT2D eigenvalue weighted by Gasteiger charge is -2.34. The normalized spacial score (nSPS) is 10.6. The average molecular weight is 360 g/mol. The molecule has 0 heterocycles. The minimum Gasteiger partial charge on any atom is -0.443 e. The van der Waals surface area contributed by atoms with E-state index in [-0.39, 0.29) is 19.7 Å². The van der Waals surface area contributed by atoms with Crippen molar-refractivity contribution in [2.75, 3.05) is 13.1 Å². The predicted octanol–water partition coefficient (Wildman–Crippen LogP) is 4.54. The Morgan fingerprint density at radius 1 is 1.04 bits per heavy atom. The highest BCUT2D eigenvalue weighted by Crippen LogP contribution is 2.14. The second-order valence-electron chi connectivity index (χ2n) is 6.59. The zero-order valence-electron chi connectivity index (χ0n) is 15.8. The van der Waals surface area contributed by atoms with Crippen molar-refractivity contribution in [3.8, 4) is 0 Å². The van der Waals surface area contributed by atoms with E-state index in [0.717, 1.165) is 5.56 Å². The molecule has 0 spiro atoms. The number of nitrogens with zero attached hydrogens (tertiary/aromatic N) is 2. The van der Waals surface area contributed by atoms with E-state index in [1.165, 1.54) is 16.1 Å². The summed E-state index contributed by atoms with van der Waals surface area (Å²) in [5, 5.41) is 2.41. The number of rotatable bonds is 7. The van der Waals surface area contributed by atoms with Crippen LogP contribution in [0.5, 0.6) is 0 Å². The zero-order valence-corrected chi connectivity index (χ0v) is 15.8. The van der Waals surface area contributed by atoms with Crippen molar-refractivity contribution in [2.45, 2.75) is 39.4 Å². The minimum atomic E-state index is -0.683. The third-order valence-corrected chi connectivity index (χ3v) is 3.16. The fourth-order valence-electron chi connectivity index (χ4n) is 2.03. The zero-order chi connectivity index (χ0) is 19.6. The van der Waals surface area contributed by atoms with Gasteiger partial charge in [0.25, 0.3) is 0 Å². The molecular formula is C20H28N2O4. The Balaban J connectivity index is 2.90. The summed E-state index contributed by atoms with van der Waals surface area (Å²) in [4.78, 5) is 25.1. The first kappa shape index (κ1) is 21.3. The van der Waals surface area contributed by atoms with Gasteiger partial charge in [0.05, 0.1) is 6.54 Å². The molecule has 0 aromatic heterocycles. The van der Waals surface area contributed by atoms with E-state index in [9.17, 15) is 9.59 Å². The molecule has 0 saturated carbocycles. The van der Waals surface area contributed by atoms with Crippen LogP contribution in [-0.2, 0) is 16.1 Å². The summed E-state index contributed by atoms with van der Waals surface area (Å²) in [6.45, 7) is 13.1. The van der Waals surface area contributed by atoms with Crippen LogP contribution in [0.3, 0.4) is 0 Å². The van der Waals surface area contributed by atoms with E-state index in [1.807, 2.05) is 30.3 Å². The van der Waals surface area contributed by atoms with Crippen LogP contribution >= 0.6 is 0 Å². The molecule has 2 amide bonds. The Labute approximate surface area is 155 Å². The maximum atomic E-state index is 12.6. The van der Waals surface area contributed by atoms with Gasteiger partial charge in [0, 0.05) is 6.54 Å². The third-order valence-electron chi connectivity index (χ3n) is 3.16. The molecule has 0 saturated heterocycles. The van der Waals surface area contributed by atoms with Crippen molar-refractivity contribution in [1.29, 1.82) is 0 Å². The van der Waals surface area contributed by atoms with E-state index in [0.29, 0.717) is 6.42 Å². The first-order chi connectivity index (χ1) is 12.3. The van der Waals surface area contributed by atoms with Gasteiger partial charge in [0.2, 0.25) is 0 Å². The fraction of sp³-hybridized carbons (Fsp3) is 0.400. The second kappa shape index (κ2) is 10.3. The van der Waals surface area contributed by atoms with Crippen molar-refractivity contribution in [2.24, 2.45) is 0 Å². The average Bonchev–Trinajstić information content (AvgIpc) is 2.58. The highest BCUT2D eigenvalue weighted by molar-refractivity contribution is 5.74. The quantitative estimate of drug-likeness (QED) is 0.529. The number of amides is 2. The number of carbonyl (C=O) groups excluding carboxylic acids is 2. The Kier molecular flexibility index (Phi) is 8.42. The highest BCUT2D eigenvalue weighted by Gasteiger charge is 2.30. The van der Waals surface area contributed by atoms with Gasteiger partial charge in [0.1, 0.15) is 12.2 Å². The number of benzene rings is 1. The van der Waals surface area contributed by atoms with E-state index in [2.05, 4.69) is 13.2 Å². The molecule has 6 nitrogen and oxygen atoms in total. The van der Waals surface area contributed by atoms with Crippen molar-refractivity contribution in [3.63, 3.8) is 0 Å². The maximum absolute atomic E-state index is 12.6. The topological polar surface area (TPSA) is 59.1 Å². The summed E-state index contributed by atoms with van der Waals surface area (Å²) < 4.78 is 10.8. The van der Waals surface area contributed by atoms with Gasteiger partial charge < -0.3 is 9.47 Å². The minimum absolute atomic E-state index is 0.108. The summed E-state index contributed by atoms with van der Waals surface area (Å²) in [6.07, 6.45) is 2.41. The molecule has 0 radical (unpaired) electrons. The number of carbonyl (C=O) groups is 2. The van der Waals surface area contributed by atoms with Gasteiger partial charge in [-0.3, -0.25) is 0 Å². The smallest absolute Gasteiger partial charge is 0.429 e. The van der Waals surface area contributed by atoms with Crippen LogP contribution in [0.1, 0.15) is 32.8 Å². The van der Waals surface area contributed by atoms with Crippen molar-refractivity contribution in [3.05, 3.63) is 61.2 Å². The molecule has 0 aliphatic heterocycles. The molecule has 6 heteroatoms. The first-order valence-electron chi connectivity index (χ1n) is 8.49. The van der Waals surface area contributed by atoms with Gasteiger partial charge in [-0.05, 0) is 32.8 Å². The van der Waals surface area contributed by atoms with Crippen molar-refractivity contribution < 1.29 is 19.1 Å². The predicted molar refractivity (Wildman–Crippen MR) is 101 cm³/mol. The van der Waals surface area contributed by atoms with Gasteiger partial charge >= 0.3 is 12.2 Å². The standard InChI is InChI=1S/C20H28N2O4/c1-6-8-15-22(19(24)26-20(3,4)5)21(14-7-2)18(23)25-16-17-12-10-9-11-13-17/h6-7,9-13H,1-2,8,14-16H2,3-5H3. The van der Waals surface area contributed by atoms with Crippen LogP contribution in [0.4, 0.5) is 9.59 Å². The molecule has 0 atom stereocenters. The van der Waals surface area contributed by atoms with Crippen LogP contribution < -0.4 is 0 Å². The van der Waals surface area contributed by atoms with Gasteiger partial charge in [-0.1, -0.05) is 42.5 Å². The molecule has 1 aromatic carbocycles. The fourth-order valence-corrected chi connectivity index (χ4v) is 2.03. The van der Waals surface area contributed by atoms with E-state index < -0.39 is 17.8 Å². The number of ether oxygens (including phenoxy) is 2. The van der Waals surface area contributed by atoms with Crippen molar-refractivity contribution >= 4 is 12.2 Å². The molecule has 26 heavy (non-hydrogen) atoms. The number of hydrazine groups is 1. The Bertz CT molecular complexity index is 608. The summed E-state index contributed by atoms with van der Waals surface area (Å²) >= 11 is 0. The molecule has 0 N–H and O–H groups in total. The molecule has 1 rings (SSSR count). The Morgan fingerprint density at radius 2 is 1.69 bits per heavy atom. The Morgan fingerprint density at radius 3 is 2.23 bits per heavy atom. The van der Waals surface area contributed by atoms with Crippen molar-refractivity contribution in [1.82, 2.24) is 10.0 Å². The van der Waals surface area contributed by atoms with E-state index in [4.69, 9.17) is 9.47 Å². The lowest BCUT2D eigenvalue weighted by atomic mass is 10.2. The van der Waals surface area contributed by atoms with Gasteiger partial charge in [-0.2, -0.15) is 0 Å². The molecule has 0 aliphatic carbocycles. The lowest BCUT2D eigenvalue weighted by Crippen LogP contribution is -2.51. The van der Waals surface area contributed by atoms with Crippen LogP contribution in [-0.4, -0.2) is 40.9 Å². The molecule has 0 aliphatic rings. The third kappa shape index (κ3) is 7.42. The first-order valence-corrected chi connectivity index (χ1v) is 8.49. The number of hydrogen-bond donors (Lipinski definition) is 0. The van der Waals surface area contributed by atoms with E-state index in [1.54, 1.807) is 26.8 Å². The number of hydrogen-bond acceptors (Lipinski definition) is 4. The maximum Gasteiger partial charge on any atom is 0.429 e. The summed E-state index contributed by atoms with van der Waals surface area (Å²) in [5.41, 5.74) is 0.173. The molecule has 1 aromatic rings. The lowest BCUT2D eigenvalue weighted by molar-refractivity contribution is -0.0430. The molecule has 0 unspecified atom stereocenters. The van der Waals surface area contributed by atoms with Gasteiger partial charge in [-0.25, -0.2) is 19.6 Å². The van der Waals surface area contributed by atoms with Gasteiger partial charge in [0.15, 0.2) is 0 Å². The summed E-state index contributed by atoms with van der Waals surface area (Å²) in [7, 11) is 0. The van der Waals surface area contributed by atoms with Crippen LogP contribution in [0.15, 0.2) is 55.6 Å². The molecular weight excluding hydrogens is 332 g/mol. The van der Waals surface area contributed by atoms with E-state index >= 15 is 0 Å². The summed E-state index contributed by atoms with van der Waals surface area (Å²) in [5.74, 6) is 0. The SMILES string of the molecule is C=CCCN(C(=O)OC(C)(C)C)N(CC=C)C(=O)OCc1ccccc1. The summed E-state index contributed by atoms with van der Waals surface area (Å²) in [6, 6.07) is 9.32.